The maximum atomic E-state index is 13.1. The molecule has 1 aromatic heterocycles. The van der Waals surface area contributed by atoms with Crippen LogP contribution in [0.2, 0.25) is 5.02 Å². The summed E-state index contributed by atoms with van der Waals surface area (Å²) in [5, 5.41) is 15.7. The third-order valence-electron chi connectivity index (χ3n) is 7.83. The number of thioether (sulfide) groups is 1. The highest BCUT2D eigenvalue weighted by Gasteiger charge is 2.48. The van der Waals surface area contributed by atoms with Crippen molar-refractivity contribution in [1.82, 2.24) is 10.3 Å². The van der Waals surface area contributed by atoms with Crippen LogP contribution in [-0.4, -0.2) is 32.8 Å². The Hall–Kier alpha value is -4.04. The van der Waals surface area contributed by atoms with Crippen molar-refractivity contribution in [3.8, 4) is 0 Å². The van der Waals surface area contributed by atoms with Crippen LogP contribution in [0, 0.1) is 22.0 Å². The lowest BCUT2D eigenvalue weighted by atomic mass is 9.81. The summed E-state index contributed by atoms with van der Waals surface area (Å²) in [5.41, 5.74) is 2.20. The molecule has 7 rings (SSSR count). The molecule has 3 heterocycles. The molecule has 2 atom stereocenters. The van der Waals surface area contributed by atoms with E-state index in [4.69, 9.17) is 11.6 Å². The Balaban J connectivity index is 1.11. The zero-order valence-electron chi connectivity index (χ0n) is 23.3. The number of aliphatic imine (C=N–C) groups is 1. The van der Waals surface area contributed by atoms with E-state index in [-0.39, 0.29) is 35.2 Å². The molecule has 0 unspecified atom stereocenters. The Labute approximate surface area is 274 Å². The molecule has 3 aliphatic rings. The molecular weight excluding hydrogens is 654 g/mol. The number of thiazole rings is 1. The van der Waals surface area contributed by atoms with E-state index in [0.29, 0.717) is 46.8 Å². The van der Waals surface area contributed by atoms with Crippen molar-refractivity contribution in [2.45, 2.75) is 34.9 Å². The minimum atomic E-state index is -0.463. The van der Waals surface area contributed by atoms with Crippen molar-refractivity contribution in [3.05, 3.63) is 86.3 Å². The Morgan fingerprint density at radius 2 is 1.76 bits per heavy atom. The van der Waals surface area contributed by atoms with Crippen LogP contribution in [-0.2, 0) is 14.4 Å². The number of anilines is 1. The number of hydrogen-bond donors (Lipinski definition) is 1. The number of amidine groups is 1. The lowest BCUT2D eigenvalue weighted by Crippen LogP contribution is -2.30. The molecule has 0 spiro atoms. The number of nitro groups is 1. The number of hydrogen-bond acceptors (Lipinski definition) is 10. The summed E-state index contributed by atoms with van der Waals surface area (Å²) >= 11 is 9.56. The third-order valence-corrected chi connectivity index (χ3v) is 11.1. The Kier molecular flexibility index (Phi) is 7.94. The number of nitrogens with zero attached hydrogens (tertiary/aromatic N) is 4. The fraction of sp³-hybridized carbons (Fsp3) is 0.194. The van der Waals surface area contributed by atoms with E-state index in [1.165, 1.54) is 22.3 Å². The number of imide groups is 1. The minimum absolute atomic E-state index is 0.122. The zero-order chi connectivity index (χ0) is 31.2. The van der Waals surface area contributed by atoms with Gasteiger partial charge in [0.25, 0.3) is 11.6 Å². The molecule has 1 saturated carbocycles. The summed E-state index contributed by atoms with van der Waals surface area (Å²) in [4.78, 5) is 61.4. The lowest BCUT2D eigenvalue weighted by molar-refractivity contribution is -0.387. The van der Waals surface area contributed by atoms with Crippen LogP contribution in [0.15, 0.2) is 79.8 Å². The lowest BCUT2D eigenvalue weighted by Gasteiger charge is -2.19. The van der Waals surface area contributed by atoms with Crippen LogP contribution in [0.3, 0.4) is 0 Å². The van der Waals surface area contributed by atoms with Gasteiger partial charge in [0.2, 0.25) is 11.8 Å². The zero-order valence-corrected chi connectivity index (χ0v) is 26.5. The number of fused-ring (bicyclic) bond motifs is 2. The van der Waals surface area contributed by atoms with Crippen molar-refractivity contribution in [1.29, 1.82) is 0 Å². The highest BCUT2D eigenvalue weighted by atomic mass is 35.5. The molecule has 14 heteroatoms. The SMILES string of the molecule is O=C1NC(=Nc2ccc(Cl)cc2)S/C1=C\c1ccc(Sc2nc3ccc(N4C(=O)[C@H]5CCCC[C@@H]5C4=O)cc3s2)c([N+](=O)[O-])c1. The first kappa shape index (κ1) is 29.7. The van der Waals surface area contributed by atoms with Gasteiger partial charge in [-0.15, -0.1) is 11.3 Å². The predicted molar refractivity (Wildman–Crippen MR) is 177 cm³/mol. The van der Waals surface area contributed by atoms with Gasteiger partial charge >= 0.3 is 0 Å². The molecule has 226 valence electrons. The first-order valence-electron chi connectivity index (χ1n) is 14.0. The average Bonchev–Trinajstić information content (AvgIpc) is 3.67. The van der Waals surface area contributed by atoms with Gasteiger partial charge in [0.05, 0.1) is 48.2 Å². The molecule has 0 bridgehead atoms. The van der Waals surface area contributed by atoms with E-state index in [1.54, 1.807) is 60.7 Å². The first-order valence-corrected chi connectivity index (χ1v) is 16.9. The Morgan fingerprint density at radius 1 is 1.02 bits per heavy atom. The van der Waals surface area contributed by atoms with Gasteiger partial charge in [0.15, 0.2) is 9.51 Å². The van der Waals surface area contributed by atoms with Crippen LogP contribution >= 0.6 is 46.5 Å². The minimum Gasteiger partial charge on any atom is -0.300 e. The summed E-state index contributed by atoms with van der Waals surface area (Å²) < 4.78 is 1.35. The predicted octanol–water partition coefficient (Wildman–Crippen LogP) is 7.58. The number of benzene rings is 3. The fourth-order valence-electron chi connectivity index (χ4n) is 5.70. The van der Waals surface area contributed by atoms with Crippen LogP contribution in [0.1, 0.15) is 31.2 Å². The summed E-state index contributed by atoms with van der Waals surface area (Å²) in [7, 11) is 0. The number of carbonyl (C=O) groups excluding carboxylic acids is 3. The van der Waals surface area contributed by atoms with Crippen LogP contribution in [0.5, 0.6) is 0 Å². The standard InChI is InChI=1S/C31H22ClN5O5S3/c32-17-6-8-18(9-7-17)33-30-35-27(38)26(43-30)14-16-5-12-24(23(13-16)37(41)42)44-31-34-22-11-10-19(15-25(22)45-31)36-28(39)20-3-1-2-4-21(20)29(36)40/h5-15,20-21H,1-4H2,(H,33,35,38)/b26-14-/t20-,21-/m0/s1. The van der Waals surface area contributed by atoms with E-state index in [9.17, 15) is 24.5 Å². The quantitative estimate of drug-likeness (QED) is 0.0956. The van der Waals surface area contributed by atoms with E-state index in [0.717, 1.165) is 53.9 Å². The number of aromatic nitrogens is 1. The monoisotopic (exact) mass is 675 g/mol. The molecule has 3 aromatic carbocycles. The van der Waals surface area contributed by atoms with Crippen molar-refractivity contribution in [2.75, 3.05) is 4.90 Å². The van der Waals surface area contributed by atoms with Crippen LogP contribution < -0.4 is 10.2 Å². The summed E-state index contributed by atoms with van der Waals surface area (Å²) in [5.74, 6) is -1.08. The largest absolute Gasteiger partial charge is 0.300 e. The molecule has 2 aliphatic heterocycles. The molecular formula is C31H22ClN5O5S3. The molecule has 2 saturated heterocycles. The van der Waals surface area contributed by atoms with Crippen molar-refractivity contribution in [3.63, 3.8) is 0 Å². The number of nitro benzene ring substituents is 1. The van der Waals surface area contributed by atoms with Gasteiger partial charge < -0.3 is 5.32 Å². The van der Waals surface area contributed by atoms with Crippen LogP contribution in [0.4, 0.5) is 17.1 Å². The molecule has 3 fully saturated rings. The maximum absolute atomic E-state index is 13.1. The second-order valence-electron chi connectivity index (χ2n) is 10.7. The van der Waals surface area contributed by atoms with Gasteiger partial charge in [-0.1, -0.05) is 42.3 Å². The third kappa shape index (κ3) is 5.88. The summed E-state index contributed by atoms with van der Waals surface area (Å²) in [6, 6.07) is 16.9. The van der Waals surface area contributed by atoms with Crippen LogP contribution in [0.25, 0.3) is 16.3 Å². The van der Waals surface area contributed by atoms with Gasteiger partial charge in [-0.3, -0.25) is 29.4 Å². The second kappa shape index (κ2) is 12.0. The van der Waals surface area contributed by atoms with Gasteiger partial charge in [-0.05, 0) is 84.8 Å². The van der Waals surface area contributed by atoms with Gasteiger partial charge in [0.1, 0.15) is 0 Å². The van der Waals surface area contributed by atoms with Crippen molar-refractivity contribution in [2.24, 2.45) is 16.8 Å². The van der Waals surface area contributed by atoms with Gasteiger partial charge in [-0.25, -0.2) is 9.98 Å². The number of halogens is 1. The summed E-state index contributed by atoms with van der Waals surface area (Å²) in [6.07, 6.45) is 5.00. The second-order valence-corrected chi connectivity index (χ2v) is 14.5. The van der Waals surface area contributed by atoms with Crippen molar-refractivity contribution < 1.29 is 19.3 Å². The maximum Gasteiger partial charge on any atom is 0.283 e. The van der Waals surface area contributed by atoms with Gasteiger partial charge in [0, 0.05) is 11.1 Å². The molecule has 10 nitrogen and oxygen atoms in total. The number of rotatable bonds is 6. The molecule has 0 radical (unpaired) electrons. The van der Waals surface area contributed by atoms with E-state index in [1.807, 2.05) is 0 Å². The Bertz CT molecular complexity index is 1950. The number of carbonyl (C=O) groups is 3. The number of amides is 3. The highest BCUT2D eigenvalue weighted by molar-refractivity contribution is 8.18. The van der Waals surface area contributed by atoms with Crippen molar-refractivity contribution >= 4 is 103 Å². The number of nitrogens with one attached hydrogen (secondary N) is 1. The first-order chi connectivity index (χ1) is 21.7. The molecule has 45 heavy (non-hydrogen) atoms. The van der Waals surface area contributed by atoms with Gasteiger partial charge in [-0.2, -0.15) is 0 Å². The Morgan fingerprint density at radius 3 is 2.47 bits per heavy atom. The topological polar surface area (TPSA) is 135 Å². The molecule has 3 amide bonds. The summed E-state index contributed by atoms with van der Waals surface area (Å²) in [6.45, 7) is 0. The smallest absolute Gasteiger partial charge is 0.283 e. The normalized spacial score (nSPS) is 21.6. The fourth-order valence-corrected chi connectivity index (χ4v) is 8.81. The molecule has 4 aromatic rings. The van der Waals surface area contributed by atoms with E-state index in [2.05, 4.69) is 15.3 Å². The molecule has 1 aliphatic carbocycles. The highest BCUT2D eigenvalue weighted by Crippen LogP contribution is 2.43. The van der Waals surface area contributed by atoms with E-state index >= 15 is 0 Å². The average molecular weight is 676 g/mol. The molecule has 1 N–H and O–H groups in total. The van der Waals surface area contributed by atoms with E-state index < -0.39 is 4.92 Å².